The topological polar surface area (TPSA) is 114 Å². The number of ether oxygens (including phenoxy) is 3. The zero-order valence-corrected chi connectivity index (χ0v) is 14.7. The number of amides is 3. The van der Waals surface area contributed by atoms with Gasteiger partial charge in [-0.1, -0.05) is 6.07 Å². The van der Waals surface area contributed by atoms with Gasteiger partial charge >= 0.3 is 18.0 Å². The average Bonchev–Trinajstić information content (AvgIpc) is 3.04. The number of imide groups is 1. The van der Waals surface area contributed by atoms with Gasteiger partial charge in [-0.25, -0.2) is 19.3 Å². The Morgan fingerprint density at radius 1 is 1.11 bits per heavy atom. The third-order valence-electron chi connectivity index (χ3n) is 4.08. The maximum atomic E-state index is 12.3. The van der Waals surface area contributed by atoms with Gasteiger partial charge in [0.1, 0.15) is 12.4 Å². The molecule has 1 fully saturated rings. The van der Waals surface area contributed by atoms with E-state index in [0.29, 0.717) is 11.4 Å². The van der Waals surface area contributed by atoms with Crippen molar-refractivity contribution in [2.24, 2.45) is 0 Å². The molecule has 0 radical (unpaired) electrons. The molecule has 10 nitrogen and oxygen atoms in total. The Hall–Kier alpha value is -3.40. The highest BCUT2D eigenvalue weighted by atomic mass is 16.5. The van der Waals surface area contributed by atoms with Crippen LogP contribution in [0.25, 0.3) is 0 Å². The molecule has 1 aromatic carbocycles. The Balaban J connectivity index is 2.05. The first-order valence-electron chi connectivity index (χ1n) is 7.93. The van der Waals surface area contributed by atoms with Gasteiger partial charge in [0, 0.05) is 5.69 Å². The van der Waals surface area contributed by atoms with Gasteiger partial charge < -0.3 is 24.4 Å². The summed E-state index contributed by atoms with van der Waals surface area (Å²) in [6.07, 6.45) is 0. The summed E-state index contributed by atoms with van der Waals surface area (Å²) in [7, 11) is 2.39. The summed E-state index contributed by atoms with van der Waals surface area (Å²) in [4.78, 5) is 50.6. The number of rotatable bonds is 4. The Morgan fingerprint density at radius 2 is 1.81 bits per heavy atom. The number of benzene rings is 1. The second-order valence-corrected chi connectivity index (χ2v) is 5.62. The highest BCUT2D eigenvalue weighted by Gasteiger charge is 2.34. The SMILES string of the molecule is COC(=O)C1=C(C(=O)OC)N(c2cccc(N3C(=O)CNC3=O)c2)COC1. The van der Waals surface area contributed by atoms with E-state index in [1.54, 1.807) is 18.2 Å². The van der Waals surface area contributed by atoms with E-state index in [2.05, 4.69) is 5.32 Å². The molecule has 0 spiro atoms. The van der Waals surface area contributed by atoms with Gasteiger partial charge in [-0.15, -0.1) is 0 Å². The minimum atomic E-state index is -0.737. The van der Waals surface area contributed by atoms with Gasteiger partial charge in [-0.3, -0.25) is 4.79 Å². The fraction of sp³-hybridized carbons (Fsp3) is 0.294. The molecular formula is C17H17N3O7. The van der Waals surface area contributed by atoms with Crippen molar-refractivity contribution in [3.8, 4) is 0 Å². The molecule has 3 rings (SSSR count). The van der Waals surface area contributed by atoms with Gasteiger partial charge in [-0.2, -0.15) is 0 Å². The van der Waals surface area contributed by atoms with Gasteiger partial charge in [-0.05, 0) is 18.2 Å². The zero-order chi connectivity index (χ0) is 19.6. The van der Waals surface area contributed by atoms with Crippen molar-refractivity contribution in [1.29, 1.82) is 0 Å². The van der Waals surface area contributed by atoms with Crippen LogP contribution in [-0.2, 0) is 28.6 Å². The third kappa shape index (κ3) is 3.34. The van der Waals surface area contributed by atoms with E-state index in [1.165, 1.54) is 25.2 Å². The number of methoxy groups -OCH3 is 2. The number of anilines is 2. The quantitative estimate of drug-likeness (QED) is 0.584. The molecule has 3 amide bonds. The Bertz CT molecular complexity index is 833. The monoisotopic (exact) mass is 375 g/mol. The molecule has 10 heteroatoms. The Morgan fingerprint density at radius 3 is 2.44 bits per heavy atom. The number of carbonyl (C=O) groups excluding carboxylic acids is 4. The third-order valence-corrected chi connectivity index (χ3v) is 4.08. The summed E-state index contributed by atoms with van der Waals surface area (Å²) in [5.74, 6) is -1.85. The molecule has 0 saturated carbocycles. The number of carbonyl (C=O) groups is 4. The van der Waals surface area contributed by atoms with E-state index >= 15 is 0 Å². The largest absolute Gasteiger partial charge is 0.466 e. The minimum Gasteiger partial charge on any atom is -0.466 e. The predicted molar refractivity (Wildman–Crippen MR) is 91.7 cm³/mol. The van der Waals surface area contributed by atoms with E-state index in [4.69, 9.17) is 14.2 Å². The molecule has 142 valence electrons. The molecule has 1 saturated heterocycles. The summed E-state index contributed by atoms with van der Waals surface area (Å²) in [6, 6.07) is 5.85. The number of esters is 2. The Labute approximate surface area is 154 Å². The highest BCUT2D eigenvalue weighted by Crippen LogP contribution is 2.30. The standard InChI is InChI=1S/C17H17N3O7/c1-25-15(22)12-8-27-9-19(14(12)16(23)26-2)10-4-3-5-11(6-10)20-13(21)7-18-17(20)24/h3-6H,7-9H2,1-2H3,(H,18,24). The number of urea groups is 1. The van der Waals surface area contributed by atoms with E-state index in [0.717, 1.165) is 4.90 Å². The molecule has 2 aliphatic rings. The maximum absolute atomic E-state index is 12.3. The first kappa shape index (κ1) is 18.4. The van der Waals surface area contributed by atoms with Crippen LogP contribution in [0.3, 0.4) is 0 Å². The molecule has 0 aromatic heterocycles. The van der Waals surface area contributed by atoms with Crippen molar-refractivity contribution in [2.45, 2.75) is 0 Å². The van der Waals surface area contributed by atoms with Crippen LogP contribution < -0.4 is 15.1 Å². The van der Waals surface area contributed by atoms with Crippen LogP contribution >= 0.6 is 0 Å². The lowest BCUT2D eigenvalue weighted by molar-refractivity contribution is -0.140. The lowest BCUT2D eigenvalue weighted by Crippen LogP contribution is -2.39. The fourth-order valence-corrected chi connectivity index (χ4v) is 2.83. The minimum absolute atomic E-state index is 0.0102. The van der Waals surface area contributed by atoms with E-state index in [-0.39, 0.29) is 31.2 Å². The van der Waals surface area contributed by atoms with Crippen LogP contribution in [0.5, 0.6) is 0 Å². The number of nitrogens with one attached hydrogen (secondary N) is 1. The van der Waals surface area contributed by atoms with E-state index in [9.17, 15) is 19.2 Å². The summed E-state index contributed by atoms with van der Waals surface area (Å²) >= 11 is 0. The molecule has 27 heavy (non-hydrogen) atoms. The van der Waals surface area contributed by atoms with Crippen LogP contribution in [0.1, 0.15) is 0 Å². The molecule has 0 atom stereocenters. The van der Waals surface area contributed by atoms with Crippen LogP contribution in [0.2, 0.25) is 0 Å². The highest BCUT2D eigenvalue weighted by molar-refractivity contribution is 6.20. The van der Waals surface area contributed by atoms with Crippen LogP contribution in [-0.4, -0.2) is 58.0 Å². The molecule has 0 unspecified atom stereocenters. The number of hydrogen-bond donors (Lipinski definition) is 1. The normalized spacial score (nSPS) is 17.1. The second-order valence-electron chi connectivity index (χ2n) is 5.62. The van der Waals surface area contributed by atoms with E-state index < -0.39 is 23.9 Å². The Kier molecular flexibility index (Phi) is 5.08. The van der Waals surface area contributed by atoms with Crippen molar-refractivity contribution in [3.63, 3.8) is 0 Å². The van der Waals surface area contributed by atoms with Crippen molar-refractivity contribution in [1.82, 2.24) is 5.32 Å². The first-order valence-corrected chi connectivity index (χ1v) is 7.93. The second kappa shape index (κ2) is 7.46. The van der Waals surface area contributed by atoms with Gasteiger partial charge in [0.15, 0.2) is 0 Å². The predicted octanol–water partition coefficient (Wildman–Crippen LogP) is 0.137. The van der Waals surface area contributed by atoms with E-state index in [1.807, 2.05) is 0 Å². The number of hydrogen-bond acceptors (Lipinski definition) is 8. The van der Waals surface area contributed by atoms with Crippen LogP contribution in [0, 0.1) is 0 Å². The summed E-state index contributed by atoms with van der Waals surface area (Å²) in [6.45, 7) is -0.232. The summed E-state index contributed by atoms with van der Waals surface area (Å²) < 4.78 is 14.9. The maximum Gasteiger partial charge on any atom is 0.355 e. The summed E-state index contributed by atoms with van der Waals surface area (Å²) in [5, 5.41) is 2.44. The van der Waals surface area contributed by atoms with Crippen molar-refractivity contribution in [2.75, 3.05) is 43.9 Å². The van der Waals surface area contributed by atoms with Crippen molar-refractivity contribution in [3.05, 3.63) is 35.5 Å². The zero-order valence-electron chi connectivity index (χ0n) is 14.7. The molecule has 1 N–H and O–H groups in total. The lowest BCUT2D eigenvalue weighted by atomic mass is 10.1. The molecular weight excluding hydrogens is 358 g/mol. The average molecular weight is 375 g/mol. The smallest absolute Gasteiger partial charge is 0.355 e. The van der Waals surface area contributed by atoms with Gasteiger partial charge in [0.2, 0.25) is 0 Å². The first-order chi connectivity index (χ1) is 13.0. The van der Waals surface area contributed by atoms with Crippen LogP contribution in [0.15, 0.2) is 35.5 Å². The fourth-order valence-electron chi connectivity index (χ4n) is 2.83. The lowest BCUT2D eigenvalue weighted by Gasteiger charge is -2.31. The number of nitrogens with zero attached hydrogens (tertiary/aromatic N) is 2. The van der Waals surface area contributed by atoms with Crippen molar-refractivity contribution < 1.29 is 33.4 Å². The molecule has 2 aliphatic heterocycles. The van der Waals surface area contributed by atoms with Crippen LogP contribution in [0.4, 0.5) is 16.2 Å². The van der Waals surface area contributed by atoms with Crippen molar-refractivity contribution >= 4 is 35.3 Å². The molecule has 0 aliphatic carbocycles. The molecule has 1 aromatic rings. The van der Waals surface area contributed by atoms with Gasteiger partial charge in [0.25, 0.3) is 5.91 Å². The van der Waals surface area contributed by atoms with Gasteiger partial charge in [0.05, 0.1) is 38.6 Å². The molecule has 2 heterocycles. The molecule has 0 bridgehead atoms. The summed E-state index contributed by atoms with van der Waals surface area (Å²) in [5.41, 5.74) is 0.740.